The van der Waals surface area contributed by atoms with Gasteiger partial charge in [0.15, 0.2) is 6.29 Å². The number of rotatable bonds is 62. The van der Waals surface area contributed by atoms with Gasteiger partial charge in [0, 0.05) is 31.2 Å². The quantitative estimate of drug-likeness (QED) is 0.0245. The van der Waals surface area contributed by atoms with Crippen LogP contribution in [0.15, 0.2) is 152 Å². The molecule has 2 heterocycles. The van der Waals surface area contributed by atoms with Gasteiger partial charge in [-0.15, -0.1) is 0 Å². The molecule has 590 valence electrons. The lowest BCUT2D eigenvalue weighted by Crippen LogP contribution is -2.70. The van der Waals surface area contributed by atoms with E-state index in [4.69, 9.17) is 37.9 Å². The molecule has 10 atom stereocenters. The molecule has 0 radical (unpaired) electrons. The molecule has 5 aromatic rings. The lowest BCUT2D eigenvalue weighted by Gasteiger charge is -2.49. The van der Waals surface area contributed by atoms with E-state index in [2.05, 4.69) is 36.7 Å². The van der Waals surface area contributed by atoms with Crippen LogP contribution in [0.1, 0.15) is 280 Å². The van der Waals surface area contributed by atoms with Crippen LogP contribution in [0.3, 0.4) is 0 Å². The number of ketones is 3. The fourth-order valence-corrected chi connectivity index (χ4v) is 14.4. The minimum Gasteiger partial charge on any atom is -0.460 e. The molecular weight excluding hydrogens is 1340 g/mol. The number of benzene rings is 5. The average molecular weight is 1480 g/mol. The van der Waals surface area contributed by atoms with Crippen molar-refractivity contribution in [3.8, 4) is 0 Å². The topological polar surface area (TPSA) is 195 Å². The summed E-state index contributed by atoms with van der Waals surface area (Å²) < 4.78 is 52.1. The predicted molar refractivity (Wildman–Crippen MR) is 425 cm³/mol. The summed E-state index contributed by atoms with van der Waals surface area (Å²) in [6, 6.07) is 46.1. The Balaban J connectivity index is 1.10. The highest BCUT2D eigenvalue weighted by molar-refractivity contribution is 5.83. The third kappa shape index (κ3) is 37.3. The Kier molecular flexibility index (Phi) is 45.3. The molecule has 0 amide bonds. The molecule has 0 saturated carbocycles. The van der Waals surface area contributed by atoms with Crippen LogP contribution >= 0.6 is 0 Å². The molecule has 2 aliphatic heterocycles. The number of hydrogen-bond donors (Lipinski definition) is 3. The van der Waals surface area contributed by atoms with Crippen LogP contribution in [0.5, 0.6) is 0 Å². The van der Waals surface area contributed by atoms with E-state index in [1.807, 2.05) is 152 Å². The first kappa shape index (κ1) is 87.9. The summed E-state index contributed by atoms with van der Waals surface area (Å²) in [7, 11) is 0. The Morgan fingerprint density at radius 1 is 0.402 bits per heavy atom. The van der Waals surface area contributed by atoms with Crippen LogP contribution in [-0.4, -0.2) is 110 Å². The molecule has 1 unspecified atom stereocenters. The minimum atomic E-state index is -1.35. The molecule has 3 N–H and O–H groups in total. The number of carbonyl (C=O) groups is 5. The standard InChI is InChI=1S/C91H133N3O13/c1-4-7-10-13-16-19-22-25-43-56-80(100-67-72-46-33-28-34-47-72)61-77(95)64-92-83(89(99)103-70-75-52-39-31-40-53-75)59-60-85(98)106-91-87(94-66-79(97)63-82(102-69-74-50-37-30-38-51-74)58-45-27-24-21-18-15-12-9-6-3)86(88-84(105-91)71-104-90(107-88)76-54-41-32-42-55-76)93-65-78(96)62-81(101-68-73-48-35-29-36-49-73)57-44-26-23-20-17-14-11-8-5-2/h28-42,46-55,80-84,86-88,90-94H,4-27,43-45,56-71H2,1-3H3/t80-,81-,82-,83+,84-,86-,87-,88-,90-,91?/m1/s1. The van der Waals surface area contributed by atoms with Crippen LogP contribution in [0.4, 0.5) is 0 Å². The molecule has 7 rings (SSSR count). The normalized spacial score (nSPS) is 18.2. The second kappa shape index (κ2) is 55.1. The zero-order valence-electron chi connectivity index (χ0n) is 65.4. The van der Waals surface area contributed by atoms with Crippen molar-refractivity contribution in [2.75, 3.05) is 26.2 Å². The van der Waals surface area contributed by atoms with Gasteiger partial charge < -0.3 is 48.5 Å². The fourth-order valence-electron chi connectivity index (χ4n) is 14.4. The Hall–Kier alpha value is -6.31. The summed E-state index contributed by atoms with van der Waals surface area (Å²) in [5, 5.41) is 10.3. The monoisotopic (exact) mass is 1480 g/mol. The number of nitrogens with one attached hydrogen (secondary N) is 3. The first-order valence-electron chi connectivity index (χ1n) is 41.7. The molecule has 5 aromatic carbocycles. The molecule has 0 aliphatic carbocycles. The third-order valence-corrected chi connectivity index (χ3v) is 20.7. The second-order valence-electron chi connectivity index (χ2n) is 29.9. The second-order valence-corrected chi connectivity index (χ2v) is 29.9. The van der Waals surface area contributed by atoms with E-state index < -0.39 is 54.9 Å². The number of unbranched alkanes of at least 4 members (excludes halogenated alkanes) is 24. The molecule has 2 saturated heterocycles. The molecule has 107 heavy (non-hydrogen) atoms. The van der Waals surface area contributed by atoms with Crippen molar-refractivity contribution in [3.63, 3.8) is 0 Å². The first-order valence-corrected chi connectivity index (χ1v) is 41.7. The van der Waals surface area contributed by atoms with E-state index in [0.717, 1.165) is 98.4 Å². The van der Waals surface area contributed by atoms with Gasteiger partial charge in [-0.2, -0.15) is 0 Å². The van der Waals surface area contributed by atoms with Crippen molar-refractivity contribution < 1.29 is 61.9 Å². The number of hydrogen-bond acceptors (Lipinski definition) is 16. The van der Waals surface area contributed by atoms with Gasteiger partial charge in [0.2, 0.25) is 6.29 Å². The van der Waals surface area contributed by atoms with E-state index in [1.165, 1.54) is 116 Å². The number of fused-ring (bicyclic) bond motifs is 1. The van der Waals surface area contributed by atoms with Crippen LogP contribution in [0.2, 0.25) is 0 Å². The average Bonchev–Trinajstić information content (AvgIpc) is 0.770. The van der Waals surface area contributed by atoms with Crippen molar-refractivity contribution >= 4 is 29.3 Å². The Labute approximate surface area is 642 Å². The molecule has 0 aromatic heterocycles. The maximum atomic E-state index is 14.8. The third-order valence-electron chi connectivity index (χ3n) is 20.7. The van der Waals surface area contributed by atoms with Crippen LogP contribution in [-0.2, 0) is 88.3 Å². The van der Waals surface area contributed by atoms with E-state index in [-0.39, 0.29) is 101 Å². The first-order chi connectivity index (χ1) is 52.6. The van der Waals surface area contributed by atoms with E-state index in [0.29, 0.717) is 26.2 Å². The largest absolute Gasteiger partial charge is 0.460 e. The summed E-state index contributed by atoms with van der Waals surface area (Å²) in [6.45, 7) is 7.47. The Morgan fingerprint density at radius 2 is 0.757 bits per heavy atom. The lowest BCUT2D eigenvalue weighted by atomic mass is 9.92. The summed E-state index contributed by atoms with van der Waals surface area (Å²) in [5.41, 5.74) is 4.64. The highest BCUT2D eigenvalue weighted by atomic mass is 16.8. The fraction of sp³-hybridized carbons (Fsp3) is 0.615. The smallest absolute Gasteiger partial charge is 0.323 e. The van der Waals surface area contributed by atoms with Crippen LogP contribution in [0, 0.1) is 0 Å². The zero-order chi connectivity index (χ0) is 75.4. The predicted octanol–water partition coefficient (Wildman–Crippen LogP) is 19.2. The number of esters is 2. The minimum absolute atomic E-state index is 0.0130. The van der Waals surface area contributed by atoms with Gasteiger partial charge in [-0.3, -0.25) is 29.3 Å². The van der Waals surface area contributed by atoms with Gasteiger partial charge in [-0.1, -0.05) is 346 Å². The van der Waals surface area contributed by atoms with E-state index >= 15 is 0 Å². The van der Waals surface area contributed by atoms with Gasteiger partial charge >= 0.3 is 11.9 Å². The van der Waals surface area contributed by atoms with Crippen molar-refractivity contribution in [3.05, 3.63) is 179 Å². The molecule has 2 fully saturated rings. The van der Waals surface area contributed by atoms with E-state index in [1.54, 1.807) is 0 Å². The van der Waals surface area contributed by atoms with Gasteiger partial charge in [0.05, 0.1) is 76.5 Å². The van der Waals surface area contributed by atoms with Crippen molar-refractivity contribution in [1.29, 1.82) is 0 Å². The molecular formula is C91H133N3O13. The molecule has 16 nitrogen and oxygen atoms in total. The Morgan fingerprint density at radius 3 is 1.16 bits per heavy atom. The van der Waals surface area contributed by atoms with Gasteiger partial charge in [0.25, 0.3) is 0 Å². The van der Waals surface area contributed by atoms with Crippen LogP contribution in [0.25, 0.3) is 0 Å². The summed E-state index contributed by atoms with van der Waals surface area (Å²) in [4.78, 5) is 72.6. The molecule has 0 bridgehead atoms. The maximum Gasteiger partial charge on any atom is 0.323 e. The summed E-state index contributed by atoms with van der Waals surface area (Å²) in [6.07, 6.45) is 29.3. The number of carbonyl (C=O) groups excluding carboxylic acids is 5. The van der Waals surface area contributed by atoms with Gasteiger partial charge in [-0.25, -0.2) is 0 Å². The van der Waals surface area contributed by atoms with Crippen molar-refractivity contribution in [2.45, 2.75) is 333 Å². The molecule has 2 aliphatic rings. The number of Topliss-reactive ketones (excluding diaryl/α,β-unsaturated/α-hetero) is 3. The molecule has 16 heteroatoms. The molecule has 0 spiro atoms. The van der Waals surface area contributed by atoms with Gasteiger partial charge in [0.1, 0.15) is 42.2 Å². The van der Waals surface area contributed by atoms with Gasteiger partial charge in [-0.05, 0) is 47.9 Å². The highest BCUT2D eigenvalue weighted by Crippen LogP contribution is 2.35. The maximum absolute atomic E-state index is 14.8. The highest BCUT2D eigenvalue weighted by Gasteiger charge is 2.51. The van der Waals surface area contributed by atoms with E-state index in [9.17, 15) is 24.0 Å². The zero-order valence-corrected chi connectivity index (χ0v) is 65.4. The lowest BCUT2D eigenvalue weighted by molar-refractivity contribution is -0.324. The van der Waals surface area contributed by atoms with Crippen LogP contribution < -0.4 is 16.0 Å². The van der Waals surface area contributed by atoms with Crippen molar-refractivity contribution in [2.24, 2.45) is 0 Å². The van der Waals surface area contributed by atoms with Crippen molar-refractivity contribution in [1.82, 2.24) is 16.0 Å². The SMILES string of the molecule is CCCCCCCCCCC[C@H](CC(=O)CN[C@H]1[C@@H]2O[C@H](c3ccccc3)OC[C@H]2OC(OC(=O)CC[C@H](NCC(=O)C[C@@H](CCCCCCCCCCC)OCc2ccccc2)C(=O)OCc2ccccc2)[C@@H]1NCC(=O)C[C@@H](CCCCCCCCCCC)OCc1ccccc1)OCc1ccccc1. The summed E-state index contributed by atoms with van der Waals surface area (Å²) >= 11 is 0. The Bertz CT molecular complexity index is 3110. The number of ether oxygens (including phenoxy) is 8. The summed E-state index contributed by atoms with van der Waals surface area (Å²) in [5.74, 6) is -1.64.